The summed E-state index contributed by atoms with van der Waals surface area (Å²) >= 11 is 0. The van der Waals surface area contributed by atoms with Gasteiger partial charge in [-0.15, -0.1) is 0 Å². The Bertz CT molecular complexity index is 1160. The van der Waals surface area contributed by atoms with E-state index in [1.807, 2.05) is 41.6 Å². The van der Waals surface area contributed by atoms with Gasteiger partial charge in [0.25, 0.3) is 5.91 Å². The van der Waals surface area contributed by atoms with E-state index in [-0.39, 0.29) is 12.0 Å². The normalized spacial score (nSPS) is 14.2. The lowest BCUT2D eigenvalue weighted by atomic mass is 9.97. The Balaban J connectivity index is 1.50. The molecule has 144 valence electrons. The van der Waals surface area contributed by atoms with Gasteiger partial charge in [-0.2, -0.15) is 5.10 Å². The van der Waals surface area contributed by atoms with E-state index in [1.54, 1.807) is 13.3 Å². The molecule has 1 amide bonds. The number of carbonyl (C=O) groups is 1. The summed E-state index contributed by atoms with van der Waals surface area (Å²) in [6.45, 7) is 1.28. The molecule has 5 rings (SSSR count). The maximum absolute atomic E-state index is 12.8. The van der Waals surface area contributed by atoms with Crippen LogP contribution in [0.5, 0.6) is 0 Å². The number of fused-ring (bicyclic) bond motifs is 1. The van der Waals surface area contributed by atoms with Crippen molar-refractivity contribution in [1.29, 1.82) is 0 Å². The maximum atomic E-state index is 12.8. The van der Waals surface area contributed by atoms with Crippen LogP contribution in [-0.2, 0) is 4.74 Å². The van der Waals surface area contributed by atoms with Gasteiger partial charge in [0, 0.05) is 49.1 Å². The predicted octanol–water partition coefficient (Wildman–Crippen LogP) is 3.76. The molecule has 1 aliphatic heterocycles. The van der Waals surface area contributed by atoms with Gasteiger partial charge in [-0.05, 0) is 41.0 Å². The zero-order chi connectivity index (χ0) is 19.8. The summed E-state index contributed by atoms with van der Waals surface area (Å²) in [6, 6.07) is 16.0. The molecular formula is C23H20N4O2. The van der Waals surface area contributed by atoms with Crippen molar-refractivity contribution in [3.63, 3.8) is 0 Å². The van der Waals surface area contributed by atoms with Crippen molar-refractivity contribution in [3.8, 4) is 22.3 Å². The van der Waals surface area contributed by atoms with Crippen molar-refractivity contribution in [1.82, 2.24) is 20.1 Å². The Morgan fingerprint density at radius 1 is 1.07 bits per heavy atom. The number of H-pyrrole nitrogens is 1. The number of aromatic amines is 1. The smallest absolute Gasteiger partial charge is 0.254 e. The zero-order valence-corrected chi connectivity index (χ0v) is 16.0. The van der Waals surface area contributed by atoms with Gasteiger partial charge in [0.05, 0.1) is 17.8 Å². The maximum Gasteiger partial charge on any atom is 0.254 e. The molecule has 0 saturated carbocycles. The summed E-state index contributed by atoms with van der Waals surface area (Å²) in [5.74, 6) is 0.0327. The molecule has 6 heteroatoms. The Morgan fingerprint density at radius 2 is 1.86 bits per heavy atom. The number of aromatic nitrogens is 3. The molecule has 2 aromatic carbocycles. The van der Waals surface area contributed by atoms with Crippen LogP contribution in [0.2, 0.25) is 0 Å². The van der Waals surface area contributed by atoms with E-state index in [2.05, 4.69) is 39.4 Å². The fourth-order valence-electron chi connectivity index (χ4n) is 3.72. The minimum Gasteiger partial charge on any atom is -0.378 e. The number of likely N-dealkylation sites (tertiary alicyclic amines) is 1. The van der Waals surface area contributed by atoms with E-state index in [0.717, 1.165) is 33.2 Å². The van der Waals surface area contributed by atoms with Gasteiger partial charge in [0.15, 0.2) is 0 Å². The summed E-state index contributed by atoms with van der Waals surface area (Å²) in [4.78, 5) is 19.1. The minimum atomic E-state index is 0.0327. The molecule has 0 spiro atoms. The second-order valence-corrected chi connectivity index (χ2v) is 7.22. The molecule has 0 aliphatic carbocycles. The van der Waals surface area contributed by atoms with Crippen LogP contribution < -0.4 is 0 Å². The molecule has 1 N–H and O–H groups in total. The van der Waals surface area contributed by atoms with E-state index in [0.29, 0.717) is 18.7 Å². The lowest BCUT2D eigenvalue weighted by molar-refractivity contribution is -0.0191. The summed E-state index contributed by atoms with van der Waals surface area (Å²) in [5.41, 5.74) is 5.84. The SMILES string of the molecule is COC1CN(C(=O)c2ccc3nccc(-c4ccc(-c5cn[nH]c5)cc4)c3c2)C1. The fraction of sp³-hybridized carbons (Fsp3) is 0.174. The molecule has 1 aliphatic rings. The topological polar surface area (TPSA) is 71.1 Å². The molecule has 6 nitrogen and oxygen atoms in total. The van der Waals surface area contributed by atoms with Gasteiger partial charge < -0.3 is 9.64 Å². The summed E-state index contributed by atoms with van der Waals surface area (Å²) < 4.78 is 5.28. The van der Waals surface area contributed by atoms with Crippen LogP contribution in [0.15, 0.2) is 67.1 Å². The monoisotopic (exact) mass is 384 g/mol. The highest BCUT2D eigenvalue weighted by Gasteiger charge is 2.31. The largest absolute Gasteiger partial charge is 0.378 e. The summed E-state index contributed by atoms with van der Waals surface area (Å²) in [6.07, 6.45) is 5.63. The molecule has 0 bridgehead atoms. The number of rotatable bonds is 4. The molecule has 1 fully saturated rings. The van der Waals surface area contributed by atoms with Crippen molar-refractivity contribution < 1.29 is 9.53 Å². The molecule has 3 heterocycles. The van der Waals surface area contributed by atoms with Crippen LogP contribution in [0.1, 0.15) is 10.4 Å². The lowest BCUT2D eigenvalue weighted by Crippen LogP contribution is -2.54. The first-order valence-corrected chi connectivity index (χ1v) is 9.53. The minimum absolute atomic E-state index is 0.0327. The molecule has 4 aromatic rings. The standard InChI is InChI=1S/C23H20N4O2/c1-29-19-13-27(14-19)23(28)17-6-7-22-21(10-17)20(8-9-24-22)16-4-2-15(3-5-16)18-11-25-26-12-18/h2-12,19H,13-14H2,1H3,(H,25,26). The van der Waals surface area contributed by atoms with Crippen LogP contribution in [0.4, 0.5) is 0 Å². The van der Waals surface area contributed by atoms with Crippen molar-refractivity contribution in [2.24, 2.45) is 0 Å². The van der Waals surface area contributed by atoms with Crippen LogP contribution in [0.3, 0.4) is 0 Å². The van der Waals surface area contributed by atoms with E-state index >= 15 is 0 Å². The number of nitrogens with zero attached hydrogens (tertiary/aromatic N) is 3. The first-order chi connectivity index (χ1) is 14.2. The van der Waals surface area contributed by atoms with Crippen molar-refractivity contribution in [3.05, 3.63) is 72.7 Å². The number of methoxy groups -OCH3 is 1. The van der Waals surface area contributed by atoms with Gasteiger partial charge in [-0.1, -0.05) is 24.3 Å². The Morgan fingerprint density at radius 3 is 2.59 bits per heavy atom. The quantitative estimate of drug-likeness (QED) is 0.582. The van der Waals surface area contributed by atoms with Gasteiger partial charge in [0.1, 0.15) is 0 Å². The molecule has 0 atom stereocenters. The summed E-state index contributed by atoms with van der Waals surface area (Å²) in [5, 5.41) is 7.81. The lowest BCUT2D eigenvalue weighted by Gasteiger charge is -2.38. The van der Waals surface area contributed by atoms with E-state index in [4.69, 9.17) is 4.74 Å². The van der Waals surface area contributed by atoms with Crippen LogP contribution in [-0.4, -0.2) is 52.3 Å². The number of amides is 1. The number of hydrogen-bond acceptors (Lipinski definition) is 4. The highest BCUT2D eigenvalue weighted by molar-refractivity contribution is 6.02. The van der Waals surface area contributed by atoms with E-state index < -0.39 is 0 Å². The molecule has 0 radical (unpaired) electrons. The number of benzene rings is 2. The third-order valence-electron chi connectivity index (χ3n) is 5.48. The van der Waals surface area contributed by atoms with Gasteiger partial charge >= 0.3 is 0 Å². The second kappa shape index (κ2) is 7.14. The molecule has 0 unspecified atom stereocenters. The molecule has 29 heavy (non-hydrogen) atoms. The van der Waals surface area contributed by atoms with Crippen molar-refractivity contribution >= 4 is 16.8 Å². The second-order valence-electron chi connectivity index (χ2n) is 7.22. The van der Waals surface area contributed by atoms with Crippen LogP contribution >= 0.6 is 0 Å². The van der Waals surface area contributed by atoms with Gasteiger partial charge in [-0.25, -0.2) is 0 Å². The average Bonchev–Trinajstić information content (AvgIpc) is 3.27. The van der Waals surface area contributed by atoms with E-state index in [1.165, 1.54) is 0 Å². The van der Waals surface area contributed by atoms with Crippen molar-refractivity contribution in [2.45, 2.75) is 6.10 Å². The third kappa shape index (κ3) is 3.17. The van der Waals surface area contributed by atoms with Gasteiger partial charge in [0.2, 0.25) is 0 Å². The van der Waals surface area contributed by atoms with Gasteiger partial charge in [-0.3, -0.25) is 14.9 Å². The summed E-state index contributed by atoms with van der Waals surface area (Å²) in [7, 11) is 1.68. The predicted molar refractivity (Wildman–Crippen MR) is 111 cm³/mol. The van der Waals surface area contributed by atoms with E-state index in [9.17, 15) is 4.79 Å². The number of pyridine rings is 1. The van der Waals surface area contributed by atoms with Crippen molar-refractivity contribution in [2.75, 3.05) is 20.2 Å². The Labute approximate surface area is 168 Å². The first-order valence-electron chi connectivity index (χ1n) is 9.53. The average molecular weight is 384 g/mol. The zero-order valence-electron chi connectivity index (χ0n) is 16.0. The Hall–Kier alpha value is -3.51. The number of nitrogens with one attached hydrogen (secondary N) is 1. The molecule has 2 aromatic heterocycles. The fourth-order valence-corrected chi connectivity index (χ4v) is 3.72. The van der Waals surface area contributed by atoms with Crippen LogP contribution in [0, 0.1) is 0 Å². The number of carbonyl (C=O) groups excluding carboxylic acids is 1. The third-order valence-corrected chi connectivity index (χ3v) is 5.48. The van der Waals surface area contributed by atoms with Crippen LogP contribution in [0.25, 0.3) is 33.2 Å². The molecule has 1 saturated heterocycles. The highest BCUT2D eigenvalue weighted by atomic mass is 16.5. The number of hydrogen-bond donors (Lipinski definition) is 1. The Kier molecular flexibility index (Phi) is 4.33. The first kappa shape index (κ1) is 17.6. The highest BCUT2D eigenvalue weighted by Crippen LogP contribution is 2.30. The molecular weight excluding hydrogens is 364 g/mol. The number of ether oxygens (including phenoxy) is 1.